The minimum atomic E-state index is 0.210. The molecule has 0 saturated carbocycles. The zero-order chi connectivity index (χ0) is 13.8. The predicted octanol–water partition coefficient (Wildman–Crippen LogP) is 2.66. The molecular weight excluding hydrogens is 224 g/mol. The lowest BCUT2D eigenvalue weighted by atomic mass is 9.80. The van der Waals surface area contributed by atoms with Gasteiger partial charge < -0.3 is 10.2 Å². The molecule has 0 aromatic carbocycles. The first kappa shape index (κ1) is 15.5. The van der Waals surface area contributed by atoms with Gasteiger partial charge in [0.2, 0.25) is 5.91 Å². The molecule has 1 saturated heterocycles. The Hall–Kier alpha value is -0.570. The third kappa shape index (κ3) is 4.60. The van der Waals surface area contributed by atoms with E-state index in [4.69, 9.17) is 0 Å². The SMILES string of the molecule is CC(CC(=O)N(C)C1CCCNCC1)C(C)(C)C. The molecule has 0 spiro atoms. The highest BCUT2D eigenvalue weighted by molar-refractivity contribution is 5.76. The van der Waals surface area contributed by atoms with Gasteiger partial charge in [-0.05, 0) is 43.7 Å². The summed E-state index contributed by atoms with van der Waals surface area (Å²) in [5.41, 5.74) is 0.210. The largest absolute Gasteiger partial charge is 0.343 e. The van der Waals surface area contributed by atoms with Crippen molar-refractivity contribution in [3.8, 4) is 0 Å². The first-order valence-corrected chi connectivity index (χ1v) is 7.28. The third-order valence-electron chi connectivity index (χ3n) is 4.45. The Morgan fingerprint density at radius 2 is 2.00 bits per heavy atom. The summed E-state index contributed by atoms with van der Waals surface area (Å²) < 4.78 is 0. The molecule has 2 unspecified atom stereocenters. The van der Waals surface area contributed by atoms with E-state index in [-0.39, 0.29) is 5.41 Å². The van der Waals surface area contributed by atoms with Gasteiger partial charge in [0.1, 0.15) is 0 Å². The Morgan fingerprint density at radius 1 is 1.33 bits per heavy atom. The van der Waals surface area contributed by atoms with E-state index in [0.717, 1.165) is 25.9 Å². The minimum Gasteiger partial charge on any atom is -0.343 e. The minimum absolute atomic E-state index is 0.210. The first-order valence-electron chi connectivity index (χ1n) is 7.28. The fourth-order valence-electron chi connectivity index (χ4n) is 2.30. The molecule has 106 valence electrons. The van der Waals surface area contributed by atoms with Gasteiger partial charge in [-0.2, -0.15) is 0 Å². The molecule has 2 atom stereocenters. The quantitative estimate of drug-likeness (QED) is 0.840. The van der Waals surface area contributed by atoms with E-state index in [0.29, 0.717) is 24.3 Å². The van der Waals surface area contributed by atoms with Crippen LogP contribution in [-0.4, -0.2) is 37.0 Å². The van der Waals surface area contributed by atoms with Crippen molar-refractivity contribution in [3.63, 3.8) is 0 Å². The summed E-state index contributed by atoms with van der Waals surface area (Å²) in [7, 11) is 1.98. The lowest BCUT2D eigenvalue weighted by Crippen LogP contribution is -2.39. The van der Waals surface area contributed by atoms with Gasteiger partial charge in [0.15, 0.2) is 0 Å². The van der Waals surface area contributed by atoms with Gasteiger partial charge in [-0.1, -0.05) is 27.7 Å². The number of nitrogens with zero attached hydrogens (tertiary/aromatic N) is 1. The summed E-state index contributed by atoms with van der Waals surface area (Å²) in [5, 5.41) is 3.40. The Labute approximate surface area is 112 Å². The van der Waals surface area contributed by atoms with Gasteiger partial charge >= 0.3 is 0 Å². The van der Waals surface area contributed by atoms with Gasteiger partial charge in [0.05, 0.1) is 0 Å². The van der Waals surface area contributed by atoms with Gasteiger partial charge in [0.25, 0.3) is 0 Å². The number of hydrogen-bond donors (Lipinski definition) is 1. The second-order valence-corrected chi connectivity index (χ2v) is 6.81. The number of hydrogen-bond acceptors (Lipinski definition) is 2. The van der Waals surface area contributed by atoms with Crippen molar-refractivity contribution in [1.82, 2.24) is 10.2 Å². The average Bonchev–Trinajstić information content (AvgIpc) is 2.55. The third-order valence-corrected chi connectivity index (χ3v) is 4.45. The number of nitrogens with one attached hydrogen (secondary N) is 1. The van der Waals surface area contributed by atoms with Crippen LogP contribution in [0.2, 0.25) is 0 Å². The predicted molar refractivity (Wildman–Crippen MR) is 76.5 cm³/mol. The molecule has 1 fully saturated rings. The van der Waals surface area contributed by atoms with Crippen LogP contribution in [0.4, 0.5) is 0 Å². The van der Waals surface area contributed by atoms with Crippen molar-refractivity contribution in [2.24, 2.45) is 11.3 Å². The van der Waals surface area contributed by atoms with E-state index >= 15 is 0 Å². The molecule has 1 N–H and O–H groups in total. The topological polar surface area (TPSA) is 32.3 Å². The van der Waals surface area contributed by atoms with Crippen molar-refractivity contribution in [2.45, 2.75) is 59.4 Å². The standard InChI is InChI=1S/C15H30N2O/c1-12(15(2,3)4)11-14(18)17(5)13-7-6-9-16-10-8-13/h12-13,16H,6-11H2,1-5H3. The summed E-state index contributed by atoms with van der Waals surface area (Å²) >= 11 is 0. The molecule has 1 rings (SSSR count). The zero-order valence-corrected chi connectivity index (χ0v) is 12.8. The molecule has 0 radical (unpaired) electrons. The maximum atomic E-state index is 12.3. The lowest BCUT2D eigenvalue weighted by Gasteiger charge is -2.32. The fraction of sp³-hybridized carbons (Fsp3) is 0.933. The van der Waals surface area contributed by atoms with Crippen LogP contribution < -0.4 is 5.32 Å². The van der Waals surface area contributed by atoms with Crippen molar-refractivity contribution in [3.05, 3.63) is 0 Å². The highest BCUT2D eigenvalue weighted by Gasteiger charge is 2.26. The average molecular weight is 254 g/mol. The van der Waals surface area contributed by atoms with Crippen LogP contribution >= 0.6 is 0 Å². The van der Waals surface area contributed by atoms with Crippen molar-refractivity contribution in [1.29, 1.82) is 0 Å². The summed E-state index contributed by atoms with van der Waals surface area (Å²) in [6, 6.07) is 0.430. The highest BCUT2D eigenvalue weighted by atomic mass is 16.2. The van der Waals surface area contributed by atoms with Crippen LogP contribution in [0.1, 0.15) is 53.4 Å². The normalized spacial score (nSPS) is 23.3. The van der Waals surface area contributed by atoms with Gasteiger partial charge in [-0.15, -0.1) is 0 Å². The van der Waals surface area contributed by atoms with Crippen LogP contribution in [-0.2, 0) is 4.79 Å². The maximum absolute atomic E-state index is 12.3. The molecule has 0 aromatic rings. The van der Waals surface area contributed by atoms with Crippen molar-refractivity contribution >= 4 is 5.91 Å². The highest BCUT2D eigenvalue weighted by Crippen LogP contribution is 2.29. The van der Waals surface area contributed by atoms with Crippen molar-refractivity contribution in [2.75, 3.05) is 20.1 Å². The molecule has 1 heterocycles. The summed E-state index contributed by atoms with van der Waals surface area (Å²) in [5.74, 6) is 0.737. The number of carbonyl (C=O) groups is 1. The molecule has 0 aromatic heterocycles. The summed E-state index contributed by atoms with van der Waals surface area (Å²) in [4.78, 5) is 14.3. The van der Waals surface area contributed by atoms with Crippen LogP contribution in [0.3, 0.4) is 0 Å². The van der Waals surface area contributed by atoms with Crippen LogP contribution in [0.15, 0.2) is 0 Å². The van der Waals surface area contributed by atoms with Crippen LogP contribution in [0.5, 0.6) is 0 Å². The van der Waals surface area contributed by atoms with Crippen LogP contribution in [0, 0.1) is 11.3 Å². The van der Waals surface area contributed by atoms with Crippen molar-refractivity contribution < 1.29 is 4.79 Å². The van der Waals surface area contributed by atoms with E-state index in [1.165, 1.54) is 6.42 Å². The van der Waals surface area contributed by atoms with Crippen LogP contribution in [0.25, 0.3) is 0 Å². The molecule has 3 heteroatoms. The monoisotopic (exact) mass is 254 g/mol. The van der Waals surface area contributed by atoms with Gasteiger partial charge in [-0.25, -0.2) is 0 Å². The summed E-state index contributed by atoms with van der Waals surface area (Å²) in [6.07, 6.45) is 4.08. The second-order valence-electron chi connectivity index (χ2n) is 6.81. The van der Waals surface area contributed by atoms with Gasteiger partial charge in [-0.3, -0.25) is 4.79 Å². The van der Waals surface area contributed by atoms with E-state index in [9.17, 15) is 4.79 Å². The van der Waals surface area contributed by atoms with E-state index in [1.54, 1.807) is 0 Å². The van der Waals surface area contributed by atoms with E-state index in [2.05, 4.69) is 33.0 Å². The molecule has 1 aliphatic heterocycles. The lowest BCUT2D eigenvalue weighted by molar-refractivity contribution is -0.133. The number of amides is 1. The molecule has 0 aliphatic carbocycles. The first-order chi connectivity index (χ1) is 8.32. The maximum Gasteiger partial charge on any atom is 0.222 e. The van der Waals surface area contributed by atoms with E-state index in [1.807, 2.05) is 11.9 Å². The molecule has 3 nitrogen and oxygen atoms in total. The second kappa shape index (κ2) is 6.55. The Morgan fingerprint density at radius 3 is 2.61 bits per heavy atom. The molecule has 18 heavy (non-hydrogen) atoms. The smallest absolute Gasteiger partial charge is 0.222 e. The molecule has 1 aliphatic rings. The Balaban J connectivity index is 2.49. The Bertz CT molecular complexity index is 262. The summed E-state index contributed by atoms with van der Waals surface area (Å²) in [6.45, 7) is 10.9. The fourth-order valence-corrected chi connectivity index (χ4v) is 2.30. The number of carbonyl (C=O) groups excluding carboxylic acids is 1. The molecule has 0 bridgehead atoms. The molecular formula is C15H30N2O. The zero-order valence-electron chi connectivity index (χ0n) is 12.8. The van der Waals surface area contributed by atoms with E-state index < -0.39 is 0 Å². The molecule has 1 amide bonds. The Kier molecular flexibility index (Phi) is 5.64. The van der Waals surface area contributed by atoms with Gasteiger partial charge in [0, 0.05) is 19.5 Å². The number of rotatable bonds is 3.